The lowest BCUT2D eigenvalue weighted by atomic mass is 10.1. The van der Waals surface area contributed by atoms with Crippen LogP contribution in [0.4, 0.5) is 0 Å². The summed E-state index contributed by atoms with van der Waals surface area (Å²) in [5.41, 5.74) is 5.00. The van der Waals surface area contributed by atoms with Crippen LogP contribution in [-0.2, 0) is 19.2 Å². The maximum atomic E-state index is 10.1. The molecular formula is C15H27NO8. The normalized spacial score (nSPS) is 11.0. The molecule has 9 nitrogen and oxygen atoms in total. The Hall–Kier alpha value is -2.16. The van der Waals surface area contributed by atoms with E-state index >= 15 is 0 Å². The van der Waals surface area contributed by atoms with E-state index in [1.165, 1.54) is 0 Å². The molecule has 0 aromatic heterocycles. The van der Waals surface area contributed by atoms with Gasteiger partial charge in [-0.3, -0.25) is 19.2 Å². The Bertz CT molecular complexity index is 377. The molecule has 0 saturated heterocycles. The van der Waals surface area contributed by atoms with Gasteiger partial charge in [0, 0.05) is 19.3 Å². The molecule has 0 unspecified atom stereocenters. The van der Waals surface area contributed by atoms with E-state index in [9.17, 15) is 19.2 Å². The molecule has 0 rings (SSSR count). The van der Waals surface area contributed by atoms with E-state index in [0.717, 1.165) is 38.5 Å². The third-order valence-corrected chi connectivity index (χ3v) is 3.02. The van der Waals surface area contributed by atoms with Gasteiger partial charge in [-0.25, -0.2) is 0 Å². The van der Waals surface area contributed by atoms with Gasteiger partial charge in [0.1, 0.15) is 6.04 Å². The molecule has 0 radical (unpaired) electrons. The van der Waals surface area contributed by atoms with Crippen LogP contribution in [0.15, 0.2) is 0 Å². The van der Waals surface area contributed by atoms with Gasteiger partial charge in [-0.15, -0.1) is 0 Å². The average molecular weight is 349 g/mol. The topological polar surface area (TPSA) is 175 Å². The minimum atomic E-state index is -1.17. The van der Waals surface area contributed by atoms with E-state index in [1.807, 2.05) is 0 Å². The molecule has 24 heavy (non-hydrogen) atoms. The zero-order valence-corrected chi connectivity index (χ0v) is 13.6. The quantitative estimate of drug-likeness (QED) is 0.309. The van der Waals surface area contributed by atoms with Gasteiger partial charge in [0.05, 0.1) is 0 Å². The molecule has 0 aliphatic rings. The van der Waals surface area contributed by atoms with Gasteiger partial charge in [-0.2, -0.15) is 0 Å². The Labute approximate surface area is 140 Å². The maximum absolute atomic E-state index is 10.1. The fourth-order valence-electron chi connectivity index (χ4n) is 1.66. The predicted octanol–water partition coefficient (Wildman–Crippen LogP) is 1.54. The molecule has 0 aliphatic carbocycles. The van der Waals surface area contributed by atoms with Crippen molar-refractivity contribution < 1.29 is 39.6 Å². The largest absolute Gasteiger partial charge is 0.481 e. The Kier molecular flexibility index (Phi) is 15.8. The maximum Gasteiger partial charge on any atom is 0.320 e. The van der Waals surface area contributed by atoms with E-state index in [4.69, 9.17) is 26.2 Å². The van der Waals surface area contributed by atoms with Crippen LogP contribution in [0.5, 0.6) is 0 Å². The summed E-state index contributed by atoms with van der Waals surface area (Å²) in [5.74, 6) is -3.68. The summed E-state index contributed by atoms with van der Waals surface area (Å²) in [7, 11) is 0. The summed E-state index contributed by atoms with van der Waals surface area (Å²) < 4.78 is 0. The average Bonchev–Trinajstić information content (AvgIpc) is 2.47. The third-order valence-electron chi connectivity index (χ3n) is 3.02. The Morgan fingerprint density at radius 3 is 1.25 bits per heavy atom. The van der Waals surface area contributed by atoms with Crippen LogP contribution in [0.2, 0.25) is 0 Å². The number of carbonyl (C=O) groups is 4. The minimum absolute atomic E-state index is 0.0231. The van der Waals surface area contributed by atoms with Crippen LogP contribution in [-0.4, -0.2) is 50.3 Å². The number of carboxylic acid groups (broad SMARTS) is 4. The Morgan fingerprint density at radius 1 is 0.625 bits per heavy atom. The molecule has 0 saturated carbocycles. The van der Waals surface area contributed by atoms with Crippen LogP contribution in [0.1, 0.15) is 64.2 Å². The highest BCUT2D eigenvalue weighted by Crippen LogP contribution is 2.08. The molecule has 140 valence electrons. The lowest BCUT2D eigenvalue weighted by Gasteiger charge is -2.01. The lowest BCUT2D eigenvalue weighted by Crippen LogP contribution is -2.30. The molecule has 0 amide bonds. The Balaban J connectivity index is 0. The van der Waals surface area contributed by atoms with E-state index < -0.39 is 29.9 Å². The summed E-state index contributed by atoms with van der Waals surface area (Å²) in [6.45, 7) is 0. The summed E-state index contributed by atoms with van der Waals surface area (Å²) in [5, 5.41) is 33.0. The van der Waals surface area contributed by atoms with E-state index in [0.29, 0.717) is 0 Å². The van der Waals surface area contributed by atoms with Gasteiger partial charge in [-0.1, -0.05) is 25.7 Å². The number of aliphatic carboxylic acids is 4. The van der Waals surface area contributed by atoms with Crippen molar-refractivity contribution >= 4 is 23.9 Å². The van der Waals surface area contributed by atoms with Gasteiger partial charge in [0.2, 0.25) is 0 Å². The van der Waals surface area contributed by atoms with Crippen molar-refractivity contribution in [3.05, 3.63) is 0 Å². The SMILES string of the molecule is N[C@@H](CCC(=O)O)C(=O)O.O=C(O)CCCCCCCCC(=O)O. The molecule has 6 N–H and O–H groups in total. The van der Waals surface area contributed by atoms with Crippen LogP contribution in [0, 0.1) is 0 Å². The number of rotatable bonds is 13. The molecule has 9 heteroatoms. The lowest BCUT2D eigenvalue weighted by molar-refractivity contribution is -0.140. The summed E-state index contributed by atoms with van der Waals surface area (Å²) in [6.07, 6.45) is 5.60. The molecule has 0 bridgehead atoms. The number of hydrogen-bond acceptors (Lipinski definition) is 5. The zero-order valence-electron chi connectivity index (χ0n) is 13.6. The van der Waals surface area contributed by atoms with Crippen LogP contribution in [0.25, 0.3) is 0 Å². The summed E-state index contributed by atoms with van der Waals surface area (Å²) >= 11 is 0. The smallest absolute Gasteiger partial charge is 0.320 e. The second kappa shape index (κ2) is 15.7. The van der Waals surface area contributed by atoms with E-state index in [1.54, 1.807) is 0 Å². The fourth-order valence-corrected chi connectivity index (χ4v) is 1.66. The van der Waals surface area contributed by atoms with Crippen molar-refractivity contribution in [2.75, 3.05) is 0 Å². The summed E-state index contributed by atoms with van der Waals surface area (Å²) in [4.78, 5) is 40.2. The minimum Gasteiger partial charge on any atom is -0.481 e. The first-order valence-corrected chi connectivity index (χ1v) is 7.80. The van der Waals surface area contributed by atoms with Crippen molar-refractivity contribution in [3.63, 3.8) is 0 Å². The third kappa shape index (κ3) is 22.1. The molecule has 1 atom stereocenters. The van der Waals surface area contributed by atoms with Gasteiger partial charge >= 0.3 is 23.9 Å². The highest BCUT2D eigenvalue weighted by molar-refractivity contribution is 5.74. The van der Waals surface area contributed by atoms with Crippen LogP contribution in [0.3, 0.4) is 0 Å². The first kappa shape index (κ1) is 24.1. The van der Waals surface area contributed by atoms with Crippen molar-refractivity contribution in [1.82, 2.24) is 0 Å². The number of carboxylic acids is 4. The van der Waals surface area contributed by atoms with Crippen molar-refractivity contribution in [2.45, 2.75) is 70.3 Å². The first-order valence-electron chi connectivity index (χ1n) is 7.80. The fraction of sp³-hybridized carbons (Fsp3) is 0.733. The second-order valence-corrected chi connectivity index (χ2v) is 5.29. The number of unbranched alkanes of at least 4 members (excludes halogenated alkanes) is 5. The monoisotopic (exact) mass is 349 g/mol. The highest BCUT2D eigenvalue weighted by Gasteiger charge is 2.12. The first-order chi connectivity index (χ1) is 11.2. The van der Waals surface area contributed by atoms with Crippen LogP contribution < -0.4 is 5.73 Å². The standard InChI is InChI=1S/C10H18O4.C5H9NO4/c11-9(12)7-5-3-1-2-4-6-8-10(13)14;6-3(5(9)10)1-2-4(7)8/h1-8H2,(H,11,12)(H,13,14);3H,1-2,6H2,(H,7,8)(H,9,10)/t;3-/m.0/s1. The second-order valence-electron chi connectivity index (χ2n) is 5.29. The molecule has 0 aromatic carbocycles. The van der Waals surface area contributed by atoms with Gasteiger partial charge in [0.25, 0.3) is 0 Å². The van der Waals surface area contributed by atoms with Gasteiger partial charge in [-0.05, 0) is 19.3 Å². The van der Waals surface area contributed by atoms with Crippen molar-refractivity contribution in [1.29, 1.82) is 0 Å². The molecule has 0 fully saturated rings. The Morgan fingerprint density at radius 2 is 0.958 bits per heavy atom. The van der Waals surface area contributed by atoms with E-state index in [-0.39, 0.29) is 25.7 Å². The predicted molar refractivity (Wildman–Crippen MR) is 84.7 cm³/mol. The molecule has 0 aromatic rings. The van der Waals surface area contributed by atoms with Gasteiger partial charge < -0.3 is 26.2 Å². The highest BCUT2D eigenvalue weighted by atomic mass is 16.4. The van der Waals surface area contributed by atoms with E-state index in [2.05, 4.69) is 0 Å². The number of hydrogen-bond donors (Lipinski definition) is 5. The van der Waals surface area contributed by atoms with Crippen molar-refractivity contribution in [3.8, 4) is 0 Å². The molecule has 0 heterocycles. The zero-order chi connectivity index (χ0) is 19.0. The number of nitrogens with two attached hydrogens (primary N) is 1. The summed E-state index contributed by atoms with van der Waals surface area (Å²) in [6, 6.07) is -1.06. The molecular weight excluding hydrogens is 322 g/mol. The molecule has 0 aliphatic heterocycles. The van der Waals surface area contributed by atoms with Crippen molar-refractivity contribution in [2.24, 2.45) is 5.73 Å². The van der Waals surface area contributed by atoms with Gasteiger partial charge in [0.15, 0.2) is 0 Å². The van der Waals surface area contributed by atoms with Crippen LogP contribution >= 0.6 is 0 Å². The molecule has 0 spiro atoms.